The van der Waals surface area contributed by atoms with Gasteiger partial charge in [-0.1, -0.05) is 12.0 Å². The van der Waals surface area contributed by atoms with E-state index in [1.807, 2.05) is 0 Å². The van der Waals surface area contributed by atoms with Crippen LogP contribution in [-0.4, -0.2) is 30.1 Å². The first-order chi connectivity index (χ1) is 8.20. The maximum atomic E-state index is 13.0. The van der Waals surface area contributed by atoms with Crippen molar-refractivity contribution < 1.29 is 9.18 Å². The zero-order valence-corrected chi connectivity index (χ0v) is 9.53. The molecule has 0 radical (unpaired) electrons. The summed E-state index contributed by atoms with van der Waals surface area (Å²) in [6.45, 7) is 0.973. The van der Waals surface area contributed by atoms with Crippen molar-refractivity contribution in [2.24, 2.45) is 0 Å². The van der Waals surface area contributed by atoms with Crippen LogP contribution in [0.5, 0.6) is 0 Å². The van der Waals surface area contributed by atoms with Crippen molar-refractivity contribution in [3.8, 4) is 12.3 Å². The van der Waals surface area contributed by atoms with E-state index < -0.39 is 6.17 Å². The highest BCUT2D eigenvalue weighted by atomic mass is 19.1. The third-order valence-electron chi connectivity index (χ3n) is 2.99. The Morgan fingerprint density at radius 2 is 2.12 bits per heavy atom. The van der Waals surface area contributed by atoms with Crippen molar-refractivity contribution in [2.45, 2.75) is 19.0 Å². The van der Waals surface area contributed by atoms with Gasteiger partial charge < -0.3 is 4.90 Å². The molecular weight excluding hydrogens is 217 g/mol. The molecule has 0 aliphatic carbocycles. The molecule has 1 aliphatic rings. The summed E-state index contributed by atoms with van der Waals surface area (Å²) in [5.74, 6) is 2.44. The lowest BCUT2D eigenvalue weighted by Crippen LogP contribution is -2.39. The maximum Gasteiger partial charge on any atom is 0.253 e. The second-order valence-corrected chi connectivity index (χ2v) is 4.19. The van der Waals surface area contributed by atoms with Crippen LogP contribution in [0.25, 0.3) is 0 Å². The molecule has 2 nitrogen and oxygen atoms in total. The second kappa shape index (κ2) is 5.01. The van der Waals surface area contributed by atoms with Crippen molar-refractivity contribution in [3.63, 3.8) is 0 Å². The molecule has 0 N–H and O–H groups in total. The predicted molar refractivity (Wildman–Crippen MR) is 64.4 cm³/mol. The molecule has 1 aromatic rings. The molecule has 0 spiro atoms. The first-order valence-corrected chi connectivity index (χ1v) is 5.70. The van der Waals surface area contributed by atoms with Crippen LogP contribution in [0.3, 0.4) is 0 Å². The highest BCUT2D eigenvalue weighted by Crippen LogP contribution is 2.16. The first kappa shape index (κ1) is 11.7. The molecule has 2 rings (SSSR count). The number of likely N-dealkylation sites (tertiary alicyclic amines) is 1. The van der Waals surface area contributed by atoms with E-state index in [0.717, 1.165) is 0 Å². The molecule has 1 heterocycles. The first-order valence-electron chi connectivity index (χ1n) is 5.70. The molecule has 0 unspecified atom stereocenters. The fourth-order valence-corrected chi connectivity index (χ4v) is 1.98. The summed E-state index contributed by atoms with van der Waals surface area (Å²) in [6.07, 6.45) is 5.39. The molecular formula is C14H14FNO. The van der Waals surface area contributed by atoms with E-state index in [0.29, 0.717) is 37.1 Å². The molecule has 1 saturated heterocycles. The Morgan fingerprint density at radius 3 is 2.76 bits per heavy atom. The number of piperidine rings is 1. The Hall–Kier alpha value is -1.82. The van der Waals surface area contributed by atoms with E-state index >= 15 is 0 Å². The number of amides is 1. The number of nitrogens with zero attached hydrogens (tertiary/aromatic N) is 1. The lowest BCUT2D eigenvalue weighted by Gasteiger charge is -2.28. The number of carbonyl (C=O) groups is 1. The summed E-state index contributed by atoms with van der Waals surface area (Å²) in [4.78, 5) is 13.8. The summed E-state index contributed by atoms with van der Waals surface area (Å²) >= 11 is 0. The van der Waals surface area contributed by atoms with Crippen molar-refractivity contribution in [1.82, 2.24) is 4.90 Å². The van der Waals surface area contributed by atoms with Crippen LogP contribution < -0.4 is 0 Å². The Balaban J connectivity index is 2.11. The highest BCUT2D eigenvalue weighted by Gasteiger charge is 2.23. The zero-order chi connectivity index (χ0) is 12.3. The lowest BCUT2D eigenvalue weighted by molar-refractivity contribution is 0.0667. The number of terminal acetylenes is 1. The predicted octanol–water partition coefficient (Wildman–Crippen LogP) is 2.24. The van der Waals surface area contributed by atoms with Gasteiger partial charge in [-0.3, -0.25) is 4.79 Å². The molecule has 1 amide bonds. The Labute approximate surface area is 100 Å². The summed E-state index contributed by atoms with van der Waals surface area (Å²) < 4.78 is 13.0. The number of hydrogen-bond donors (Lipinski definition) is 0. The van der Waals surface area contributed by atoms with Gasteiger partial charge in [0.15, 0.2) is 0 Å². The van der Waals surface area contributed by atoms with E-state index in [1.165, 1.54) is 0 Å². The molecule has 88 valence electrons. The van der Waals surface area contributed by atoms with Gasteiger partial charge in [0.1, 0.15) is 6.17 Å². The fraction of sp³-hybridized carbons (Fsp3) is 0.357. The summed E-state index contributed by atoms with van der Waals surface area (Å²) in [5, 5.41) is 0. The average molecular weight is 231 g/mol. The number of benzene rings is 1. The minimum absolute atomic E-state index is 0.0611. The number of carbonyl (C=O) groups excluding carboxylic acids is 1. The van der Waals surface area contributed by atoms with Crippen LogP contribution in [-0.2, 0) is 0 Å². The van der Waals surface area contributed by atoms with Gasteiger partial charge in [-0.15, -0.1) is 6.42 Å². The van der Waals surface area contributed by atoms with Crippen LogP contribution >= 0.6 is 0 Å². The molecule has 1 aliphatic heterocycles. The number of alkyl halides is 1. The van der Waals surface area contributed by atoms with Gasteiger partial charge in [-0.25, -0.2) is 4.39 Å². The maximum absolute atomic E-state index is 13.0. The van der Waals surface area contributed by atoms with Crippen molar-refractivity contribution in [2.75, 3.05) is 13.1 Å². The summed E-state index contributed by atoms with van der Waals surface area (Å²) in [5.41, 5.74) is 1.27. The highest BCUT2D eigenvalue weighted by molar-refractivity contribution is 5.94. The van der Waals surface area contributed by atoms with Gasteiger partial charge >= 0.3 is 0 Å². The van der Waals surface area contributed by atoms with Crippen LogP contribution in [0.1, 0.15) is 28.8 Å². The fourth-order valence-electron chi connectivity index (χ4n) is 1.98. The van der Waals surface area contributed by atoms with E-state index in [-0.39, 0.29) is 5.91 Å². The number of rotatable bonds is 1. The molecule has 0 aromatic heterocycles. The van der Waals surface area contributed by atoms with Crippen molar-refractivity contribution in [1.29, 1.82) is 0 Å². The summed E-state index contributed by atoms with van der Waals surface area (Å²) in [7, 11) is 0. The van der Waals surface area contributed by atoms with Gasteiger partial charge in [0, 0.05) is 24.2 Å². The normalized spacial score (nSPS) is 16.6. The van der Waals surface area contributed by atoms with Gasteiger partial charge in [0.2, 0.25) is 0 Å². The molecule has 17 heavy (non-hydrogen) atoms. The number of hydrogen-bond acceptors (Lipinski definition) is 1. The van der Waals surface area contributed by atoms with E-state index in [4.69, 9.17) is 6.42 Å². The van der Waals surface area contributed by atoms with Crippen LogP contribution in [0.15, 0.2) is 24.3 Å². The van der Waals surface area contributed by atoms with E-state index in [2.05, 4.69) is 5.92 Å². The van der Waals surface area contributed by atoms with Crippen molar-refractivity contribution >= 4 is 5.91 Å². The molecule has 0 bridgehead atoms. The number of halogens is 1. The minimum Gasteiger partial charge on any atom is -0.338 e. The molecule has 0 saturated carbocycles. The standard InChI is InChI=1S/C14H14FNO/c1-2-11-4-3-5-12(10-11)14(17)16-8-6-13(15)7-9-16/h1,3-5,10,13H,6-9H2. The molecule has 0 atom stereocenters. The molecule has 1 aromatic carbocycles. The van der Waals surface area contributed by atoms with Gasteiger partial charge in [-0.2, -0.15) is 0 Å². The third-order valence-corrected chi connectivity index (χ3v) is 2.99. The van der Waals surface area contributed by atoms with Gasteiger partial charge in [-0.05, 0) is 31.0 Å². The van der Waals surface area contributed by atoms with Gasteiger partial charge in [0.05, 0.1) is 0 Å². The molecule has 3 heteroatoms. The van der Waals surface area contributed by atoms with E-state index in [9.17, 15) is 9.18 Å². The zero-order valence-electron chi connectivity index (χ0n) is 9.53. The Morgan fingerprint density at radius 1 is 1.41 bits per heavy atom. The largest absolute Gasteiger partial charge is 0.338 e. The third kappa shape index (κ3) is 2.65. The SMILES string of the molecule is C#Cc1cccc(C(=O)N2CCC(F)CC2)c1. The smallest absolute Gasteiger partial charge is 0.253 e. The monoisotopic (exact) mass is 231 g/mol. The van der Waals surface area contributed by atoms with Crippen LogP contribution in [0.4, 0.5) is 4.39 Å². The van der Waals surface area contributed by atoms with Crippen molar-refractivity contribution in [3.05, 3.63) is 35.4 Å². The summed E-state index contributed by atoms with van der Waals surface area (Å²) in [6, 6.07) is 6.99. The molecule has 1 fully saturated rings. The lowest BCUT2D eigenvalue weighted by atomic mass is 10.1. The average Bonchev–Trinajstić information content (AvgIpc) is 2.39. The van der Waals surface area contributed by atoms with Crippen LogP contribution in [0.2, 0.25) is 0 Å². The Kier molecular flexibility index (Phi) is 3.43. The van der Waals surface area contributed by atoms with E-state index in [1.54, 1.807) is 29.2 Å². The van der Waals surface area contributed by atoms with Crippen LogP contribution in [0, 0.1) is 12.3 Å². The Bertz CT molecular complexity index is 456. The topological polar surface area (TPSA) is 20.3 Å². The minimum atomic E-state index is -0.768. The quantitative estimate of drug-likeness (QED) is 0.679. The second-order valence-electron chi connectivity index (χ2n) is 4.19. The van der Waals surface area contributed by atoms with Gasteiger partial charge in [0.25, 0.3) is 5.91 Å².